The van der Waals surface area contributed by atoms with E-state index < -0.39 is 0 Å². The summed E-state index contributed by atoms with van der Waals surface area (Å²) >= 11 is 5.75. The third-order valence-electron chi connectivity index (χ3n) is 8.53. The molecule has 3 saturated heterocycles. The number of nitrogens with zero attached hydrogens (tertiary/aromatic N) is 6. The molecule has 9 heteroatoms. The van der Waals surface area contributed by atoms with Crippen LogP contribution in [-0.2, 0) is 4.79 Å². The normalized spacial score (nSPS) is 20.2. The van der Waals surface area contributed by atoms with Crippen LogP contribution >= 0.6 is 12.2 Å². The second kappa shape index (κ2) is 12.5. The van der Waals surface area contributed by atoms with E-state index in [1.165, 1.54) is 37.8 Å². The predicted molar refractivity (Wildman–Crippen MR) is 158 cm³/mol. The molecule has 2 aromatic rings. The summed E-state index contributed by atoms with van der Waals surface area (Å²) in [7, 11) is 2.12. The number of carbonyl (C=O) groups excluding carboxylic acids is 1. The Morgan fingerprint density at radius 1 is 0.868 bits per heavy atom. The second-order valence-electron chi connectivity index (χ2n) is 11.2. The van der Waals surface area contributed by atoms with Crippen LogP contribution in [0.3, 0.4) is 0 Å². The minimum atomic E-state index is 0.112. The zero-order valence-corrected chi connectivity index (χ0v) is 23.9. The van der Waals surface area contributed by atoms with Crippen molar-refractivity contribution in [3.05, 3.63) is 36.3 Å². The Balaban J connectivity index is 1.14. The molecular weight excluding hydrogens is 494 g/mol. The van der Waals surface area contributed by atoms with Crippen molar-refractivity contribution in [3.63, 3.8) is 0 Å². The highest BCUT2D eigenvalue weighted by atomic mass is 32.1. The summed E-state index contributed by atoms with van der Waals surface area (Å²) < 4.78 is 1.92. The van der Waals surface area contributed by atoms with Gasteiger partial charge < -0.3 is 19.6 Å². The highest BCUT2D eigenvalue weighted by molar-refractivity contribution is 7.80. The summed E-state index contributed by atoms with van der Waals surface area (Å²) in [5, 5.41) is 0.690. The first-order valence-electron chi connectivity index (χ1n) is 14.4. The molecule has 0 saturated carbocycles. The third-order valence-corrected chi connectivity index (χ3v) is 8.88. The van der Waals surface area contributed by atoms with E-state index in [-0.39, 0.29) is 5.92 Å². The number of likely N-dealkylation sites (N-methyl/N-ethyl adjacent to an activating group) is 1. The van der Waals surface area contributed by atoms with E-state index in [1.54, 1.807) is 0 Å². The molecule has 206 valence electrons. The zero-order valence-electron chi connectivity index (χ0n) is 23.1. The molecule has 5 rings (SSSR count). The molecule has 38 heavy (non-hydrogen) atoms. The number of thiocarbonyl (C=S) groups is 1. The van der Waals surface area contributed by atoms with E-state index in [0.717, 1.165) is 82.2 Å². The Morgan fingerprint density at radius 3 is 2.16 bits per heavy atom. The lowest BCUT2D eigenvalue weighted by Crippen LogP contribution is -2.51. The Kier molecular flexibility index (Phi) is 8.84. The van der Waals surface area contributed by atoms with Gasteiger partial charge >= 0.3 is 0 Å². The number of aromatic nitrogens is 2. The number of anilines is 1. The van der Waals surface area contributed by atoms with Crippen molar-refractivity contribution in [2.75, 3.05) is 69.7 Å². The van der Waals surface area contributed by atoms with E-state index in [1.807, 2.05) is 11.0 Å². The molecule has 1 amide bonds. The number of carbonyl (C=O) groups is 1. The van der Waals surface area contributed by atoms with Gasteiger partial charge in [0.2, 0.25) is 5.91 Å². The van der Waals surface area contributed by atoms with Crippen molar-refractivity contribution in [3.8, 4) is 11.3 Å². The molecule has 3 aliphatic heterocycles. The van der Waals surface area contributed by atoms with E-state index >= 15 is 0 Å². The molecule has 3 aliphatic rings. The summed E-state index contributed by atoms with van der Waals surface area (Å²) in [6.45, 7) is 9.60. The summed E-state index contributed by atoms with van der Waals surface area (Å²) in [5.41, 5.74) is 7.79. The first-order valence-corrected chi connectivity index (χ1v) is 14.8. The number of piperidine rings is 1. The smallest absolute Gasteiger partial charge is 0.225 e. The molecule has 0 atom stereocenters. The number of benzene rings is 1. The lowest BCUT2D eigenvalue weighted by molar-refractivity contribution is -0.138. The van der Waals surface area contributed by atoms with Gasteiger partial charge in [-0.05, 0) is 64.0 Å². The first kappa shape index (κ1) is 26.9. The lowest BCUT2D eigenvalue weighted by atomic mass is 9.95. The van der Waals surface area contributed by atoms with Crippen LogP contribution in [0.2, 0.25) is 0 Å². The largest absolute Gasteiger partial charge is 0.372 e. The fraction of sp³-hybridized carbons (Fsp3) is 0.621. The topological polar surface area (TPSA) is 59.9 Å². The van der Waals surface area contributed by atoms with Gasteiger partial charge in [0.05, 0.1) is 11.4 Å². The molecular formula is C29H43N7OS. The molecule has 0 aliphatic carbocycles. The van der Waals surface area contributed by atoms with Crippen molar-refractivity contribution < 1.29 is 4.79 Å². The van der Waals surface area contributed by atoms with Crippen molar-refractivity contribution >= 4 is 28.9 Å². The fourth-order valence-electron chi connectivity index (χ4n) is 5.93. The van der Waals surface area contributed by atoms with Gasteiger partial charge in [-0.15, -0.1) is 0 Å². The van der Waals surface area contributed by atoms with Gasteiger partial charge in [0.25, 0.3) is 0 Å². The van der Waals surface area contributed by atoms with Crippen LogP contribution in [0.4, 0.5) is 5.69 Å². The van der Waals surface area contributed by atoms with Crippen molar-refractivity contribution in [2.24, 2.45) is 5.92 Å². The van der Waals surface area contributed by atoms with Crippen LogP contribution in [0, 0.1) is 12.8 Å². The molecule has 3 fully saturated rings. The van der Waals surface area contributed by atoms with Gasteiger partial charge in [0.1, 0.15) is 6.33 Å². The Hall–Kier alpha value is -2.65. The molecule has 0 bridgehead atoms. The average molecular weight is 538 g/mol. The minimum absolute atomic E-state index is 0.112. The number of imidazole rings is 1. The lowest BCUT2D eigenvalue weighted by Gasteiger charge is -2.38. The molecule has 1 aromatic carbocycles. The van der Waals surface area contributed by atoms with Gasteiger partial charge in [-0.3, -0.25) is 10.2 Å². The molecule has 0 spiro atoms. The van der Waals surface area contributed by atoms with Crippen LogP contribution in [-0.4, -0.2) is 94.8 Å². The van der Waals surface area contributed by atoms with Gasteiger partial charge in [0, 0.05) is 69.5 Å². The summed E-state index contributed by atoms with van der Waals surface area (Å²) in [6, 6.07) is 8.85. The number of rotatable bonds is 4. The van der Waals surface area contributed by atoms with Gasteiger partial charge in [0.15, 0.2) is 5.11 Å². The quantitative estimate of drug-likeness (QED) is 0.593. The first-order chi connectivity index (χ1) is 18.5. The van der Waals surface area contributed by atoms with Crippen LogP contribution in [0.25, 0.3) is 11.3 Å². The predicted octanol–water partition coefficient (Wildman–Crippen LogP) is 3.94. The SMILES string of the molecule is Cc1c(-c2ccc(N3CCCCCCC3)cc2)ncn1NC(=S)N1CCC(C(=O)N2CCN(C)CC2)CC1. The van der Waals surface area contributed by atoms with Gasteiger partial charge in [-0.25, -0.2) is 9.66 Å². The van der Waals surface area contributed by atoms with Crippen LogP contribution in [0.15, 0.2) is 30.6 Å². The average Bonchev–Trinajstić information content (AvgIpc) is 3.28. The Labute approximate surface area is 232 Å². The maximum Gasteiger partial charge on any atom is 0.225 e. The van der Waals surface area contributed by atoms with Crippen LogP contribution in [0.1, 0.15) is 50.6 Å². The number of hydrogen-bond acceptors (Lipinski definition) is 5. The number of piperazine rings is 1. The number of hydrogen-bond donors (Lipinski definition) is 1. The van der Waals surface area contributed by atoms with E-state index in [9.17, 15) is 4.79 Å². The van der Waals surface area contributed by atoms with Crippen molar-refractivity contribution in [1.29, 1.82) is 0 Å². The highest BCUT2D eigenvalue weighted by Crippen LogP contribution is 2.26. The zero-order chi connectivity index (χ0) is 26.5. The van der Waals surface area contributed by atoms with Crippen molar-refractivity contribution in [2.45, 2.75) is 51.9 Å². The monoisotopic (exact) mass is 537 g/mol. The van der Waals surface area contributed by atoms with E-state index in [2.05, 4.69) is 63.3 Å². The molecule has 0 unspecified atom stereocenters. The van der Waals surface area contributed by atoms with Crippen LogP contribution in [0.5, 0.6) is 0 Å². The van der Waals surface area contributed by atoms with Gasteiger partial charge in [-0.1, -0.05) is 31.4 Å². The summed E-state index contributed by atoms with van der Waals surface area (Å²) in [4.78, 5) is 26.7. The fourth-order valence-corrected chi connectivity index (χ4v) is 6.21. The molecule has 0 radical (unpaired) electrons. The Morgan fingerprint density at radius 2 is 1.50 bits per heavy atom. The minimum Gasteiger partial charge on any atom is -0.372 e. The molecule has 4 heterocycles. The van der Waals surface area contributed by atoms with E-state index in [0.29, 0.717) is 11.0 Å². The molecule has 1 aromatic heterocycles. The number of nitrogens with one attached hydrogen (secondary N) is 1. The number of likely N-dealkylation sites (tertiary alicyclic amines) is 1. The Bertz CT molecular complexity index is 1080. The second-order valence-corrected chi connectivity index (χ2v) is 11.5. The number of amides is 1. The van der Waals surface area contributed by atoms with Crippen molar-refractivity contribution in [1.82, 2.24) is 24.4 Å². The van der Waals surface area contributed by atoms with Gasteiger partial charge in [-0.2, -0.15) is 0 Å². The maximum atomic E-state index is 13.0. The highest BCUT2D eigenvalue weighted by Gasteiger charge is 2.30. The molecule has 1 N–H and O–H groups in total. The van der Waals surface area contributed by atoms with E-state index in [4.69, 9.17) is 17.2 Å². The maximum absolute atomic E-state index is 13.0. The standard InChI is InChI=1S/C29H43N7OS/c1-23-27(24-8-10-26(11-9-24)33-14-6-4-3-5-7-15-33)30-22-36(23)31-29(38)35-16-12-25(13-17-35)28(37)34-20-18-32(2)19-21-34/h8-11,22,25H,3-7,12-21H2,1-2H3,(H,31,38). The summed E-state index contributed by atoms with van der Waals surface area (Å²) in [5.74, 6) is 0.435. The molecule has 8 nitrogen and oxygen atoms in total. The summed E-state index contributed by atoms with van der Waals surface area (Å²) in [6.07, 6.45) is 10.1. The third kappa shape index (κ3) is 6.31. The van der Waals surface area contributed by atoms with Crippen LogP contribution < -0.4 is 10.3 Å².